The van der Waals surface area contributed by atoms with Gasteiger partial charge in [-0.05, 0) is 18.6 Å². The number of anilines is 1. The van der Waals surface area contributed by atoms with Gasteiger partial charge in [0, 0.05) is 51.8 Å². The van der Waals surface area contributed by atoms with Gasteiger partial charge in [0.15, 0.2) is 0 Å². The standard InChI is InChI=1S/C17H22N6O2/c1-22(2)11-6-7-18-13(10-11)17(25)20-12-4-5-14(24)21-15(12)16-19-8-9-23(16)3/h6-10,12,15H,4-5H2,1-3H3,(H,20,25)(H,21,24)/t12-,15-/m1/s1. The number of aryl methyl sites for hydroxylation is 1. The Hall–Kier alpha value is -2.90. The van der Waals surface area contributed by atoms with Gasteiger partial charge in [-0.2, -0.15) is 0 Å². The molecule has 25 heavy (non-hydrogen) atoms. The molecule has 1 fully saturated rings. The minimum absolute atomic E-state index is 0.0359. The summed E-state index contributed by atoms with van der Waals surface area (Å²) in [5, 5.41) is 5.93. The van der Waals surface area contributed by atoms with Crippen LogP contribution in [0.4, 0.5) is 5.69 Å². The van der Waals surface area contributed by atoms with E-state index < -0.39 is 0 Å². The fraction of sp³-hybridized carbons (Fsp3) is 0.412. The number of amides is 2. The molecule has 1 aliphatic heterocycles. The largest absolute Gasteiger partial charge is 0.378 e. The van der Waals surface area contributed by atoms with Crippen molar-refractivity contribution in [3.63, 3.8) is 0 Å². The Morgan fingerprint density at radius 1 is 1.36 bits per heavy atom. The quantitative estimate of drug-likeness (QED) is 0.850. The van der Waals surface area contributed by atoms with Gasteiger partial charge in [0.1, 0.15) is 17.6 Å². The summed E-state index contributed by atoms with van der Waals surface area (Å²) in [6, 6.07) is 2.99. The Morgan fingerprint density at radius 3 is 2.84 bits per heavy atom. The highest BCUT2D eigenvalue weighted by molar-refractivity contribution is 5.93. The number of hydrogen-bond donors (Lipinski definition) is 2. The third-order valence-corrected chi connectivity index (χ3v) is 4.35. The van der Waals surface area contributed by atoms with Crippen LogP contribution in [0.15, 0.2) is 30.7 Å². The van der Waals surface area contributed by atoms with Gasteiger partial charge >= 0.3 is 0 Å². The van der Waals surface area contributed by atoms with Crippen LogP contribution >= 0.6 is 0 Å². The van der Waals surface area contributed by atoms with Gasteiger partial charge in [0.25, 0.3) is 5.91 Å². The van der Waals surface area contributed by atoms with Crippen molar-refractivity contribution >= 4 is 17.5 Å². The van der Waals surface area contributed by atoms with Crippen LogP contribution in [-0.4, -0.2) is 46.5 Å². The molecule has 0 saturated carbocycles. The molecular formula is C17H22N6O2. The molecule has 0 bridgehead atoms. The van der Waals surface area contributed by atoms with E-state index in [4.69, 9.17) is 0 Å². The first-order chi connectivity index (χ1) is 12.0. The zero-order chi connectivity index (χ0) is 18.0. The molecule has 2 aromatic heterocycles. The van der Waals surface area contributed by atoms with E-state index in [2.05, 4.69) is 20.6 Å². The maximum atomic E-state index is 12.6. The molecule has 1 saturated heterocycles. The highest BCUT2D eigenvalue weighted by atomic mass is 16.2. The van der Waals surface area contributed by atoms with Crippen molar-refractivity contribution in [1.29, 1.82) is 0 Å². The summed E-state index contributed by atoms with van der Waals surface area (Å²) in [5.74, 6) is 0.420. The first-order valence-corrected chi connectivity index (χ1v) is 8.16. The van der Waals surface area contributed by atoms with Crippen molar-refractivity contribution in [2.24, 2.45) is 7.05 Å². The summed E-state index contributed by atoms with van der Waals surface area (Å²) in [6.07, 6.45) is 6.04. The third-order valence-electron chi connectivity index (χ3n) is 4.35. The molecule has 0 spiro atoms. The fourth-order valence-corrected chi connectivity index (χ4v) is 2.94. The minimum Gasteiger partial charge on any atom is -0.378 e. The normalized spacial score (nSPS) is 20.0. The smallest absolute Gasteiger partial charge is 0.270 e. The number of aromatic nitrogens is 3. The maximum absolute atomic E-state index is 12.6. The average Bonchev–Trinajstić information content (AvgIpc) is 3.02. The number of carbonyl (C=O) groups is 2. The van der Waals surface area contributed by atoms with Gasteiger partial charge in [-0.25, -0.2) is 4.98 Å². The van der Waals surface area contributed by atoms with Crippen molar-refractivity contribution in [3.8, 4) is 0 Å². The van der Waals surface area contributed by atoms with E-state index >= 15 is 0 Å². The number of nitrogens with zero attached hydrogens (tertiary/aromatic N) is 4. The van der Waals surface area contributed by atoms with Gasteiger partial charge in [-0.15, -0.1) is 0 Å². The number of hydrogen-bond acceptors (Lipinski definition) is 5. The Kier molecular flexibility index (Phi) is 4.69. The number of rotatable bonds is 4. The molecule has 2 atom stereocenters. The molecule has 8 heteroatoms. The van der Waals surface area contributed by atoms with E-state index in [-0.39, 0.29) is 23.9 Å². The summed E-state index contributed by atoms with van der Waals surface area (Å²) in [7, 11) is 5.68. The molecule has 1 aliphatic rings. The van der Waals surface area contributed by atoms with Crippen LogP contribution in [0.1, 0.15) is 35.2 Å². The second-order valence-corrected chi connectivity index (χ2v) is 6.35. The van der Waals surface area contributed by atoms with Crippen molar-refractivity contribution in [1.82, 2.24) is 25.2 Å². The second-order valence-electron chi connectivity index (χ2n) is 6.35. The summed E-state index contributed by atoms with van der Waals surface area (Å²) in [4.78, 5) is 34.8. The lowest BCUT2D eigenvalue weighted by Crippen LogP contribution is -2.51. The summed E-state index contributed by atoms with van der Waals surface area (Å²) in [6.45, 7) is 0. The van der Waals surface area contributed by atoms with Crippen LogP contribution in [0.3, 0.4) is 0 Å². The Morgan fingerprint density at radius 2 is 2.16 bits per heavy atom. The molecule has 0 unspecified atom stereocenters. The van der Waals surface area contributed by atoms with Crippen LogP contribution in [0.25, 0.3) is 0 Å². The van der Waals surface area contributed by atoms with Crippen molar-refractivity contribution in [3.05, 3.63) is 42.2 Å². The Labute approximate surface area is 146 Å². The van der Waals surface area contributed by atoms with Gasteiger partial charge in [0.2, 0.25) is 5.91 Å². The van der Waals surface area contributed by atoms with E-state index in [0.717, 1.165) is 5.69 Å². The van der Waals surface area contributed by atoms with E-state index in [9.17, 15) is 9.59 Å². The van der Waals surface area contributed by atoms with E-state index in [1.54, 1.807) is 18.5 Å². The van der Waals surface area contributed by atoms with Crippen LogP contribution in [0.2, 0.25) is 0 Å². The zero-order valence-corrected chi connectivity index (χ0v) is 14.6. The van der Waals surface area contributed by atoms with E-state index in [0.29, 0.717) is 24.4 Å². The first-order valence-electron chi connectivity index (χ1n) is 8.16. The van der Waals surface area contributed by atoms with E-state index in [1.165, 1.54) is 0 Å². The van der Waals surface area contributed by atoms with Crippen molar-refractivity contribution < 1.29 is 9.59 Å². The number of nitrogens with one attached hydrogen (secondary N) is 2. The minimum atomic E-state index is -0.359. The maximum Gasteiger partial charge on any atom is 0.270 e. The van der Waals surface area contributed by atoms with Crippen molar-refractivity contribution in [2.75, 3.05) is 19.0 Å². The summed E-state index contributed by atoms with van der Waals surface area (Å²) in [5.41, 5.74) is 1.25. The molecule has 2 N–H and O–H groups in total. The zero-order valence-electron chi connectivity index (χ0n) is 14.6. The number of piperidine rings is 1. The van der Waals surface area contributed by atoms with Gasteiger partial charge in [0.05, 0.1) is 6.04 Å². The highest BCUT2D eigenvalue weighted by Gasteiger charge is 2.33. The molecule has 0 radical (unpaired) electrons. The van der Waals surface area contributed by atoms with Crippen LogP contribution in [0.5, 0.6) is 0 Å². The molecule has 2 amide bonds. The molecular weight excluding hydrogens is 320 g/mol. The molecule has 8 nitrogen and oxygen atoms in total. The first kappa shape index (κ1) is 16.9. The predicted octanol–water partition coefficient (Wildman–Crippen LogP) is 0.631. The monoisotopic (exact) mass is 342 g/mol. The number of carbonyl (C=O) groups excluding carboxylic acids is 2. The molecule has 2 aromatic rings. The molecule has 132 valence electrons. The lowest BCUT2D eigenvalue weighted by molar-refractivity contribution is -0.124. The van der Waals surface area contributed by atoms with Crippen LogP contribution in [0, 0.1) is 0 Å². The summed E-state index contributed by atoms with van der Waals surface area (Å²) >= 11 is 0. The molecule has 3 heterocycles. The molecule has 0 aliphatic carbocycles. The number of imidazole rings is 1. The van der Waals surface area contributed by atoms with Crippen LogP contribution in [-0.2, 0) is 11.8 Å². The van der Waals surface area contributed by atoms with Crippen LogP contribution < -0.4 is 15.5 Å². The highest BCUT2D eigenvalue weighted by Crippen LogP contribution is 2.23. The average molecular weight is 342 g/mol. The van der Waals surface area contributed by atoms with Gasteiger partial charge in [-0.1, -0.05) is 0 Å². The van der Waals surface area contributed by atoms with Crippen molar-refractivity contribution in [2.45, 2.75) is 24.9 Å². The third kappa shape index (κ3) is 3.62. The Balaban J connectivity index is 1.80. The predicted molar refractivity (Wildman–Crippen MR) is 93.1 cm³/mol. The number of pyridine rings is 1. The van der Waals surface area contributed by atoms with Gasteiger partial charge < -0.3 is 20.1 Å². The summed E-state index contributed by atoms with van der Waals surface area (Å²) < 4.78 is 1.85. The SMILES string of the molecule is CN(C)c1ccnc(C(=O)N[C@@H]2CCC(=O)N[C@H]2c2nccn2C)c1. The lowest BCUT2D eigenvalue weighted by Gasteiger charge is -2.32. The fourth-order valence-electron chi connectivity index (χ4n) is 2.94. The topological polar surface area (TPSA) is 92.2 Å². The second kappa shape index (κ2) is 6.92. The van der Waals surface area contributed by atoms with Gasteiger partial charge in [-0.3, -0.25) is 14.6 Å². The lowest BCUT2D eigenvalue weighted by atomic mass is 9.97. The van der Waals surface area contributed by atoms with E-state index in [1.807, 2.05) is 42.9 Å². The molecule has 3 rings (SSSR count). The molecule has 0 aromatic carbocycles. The Bertz CT molecular complexity index is 785.